The van der Waals surface area contributed by atoms with Crippen LogP contribution in [0.25, 0.3) is 0 Å². The maximum absolute atomic E-state index is 14.6. The fraction of sp³-hybridized carbons (Fsp3) is 0.432. The first-order valence-electron chi connectivity index (χ1n) is 19.0. The molecule has 0 fully saturated rings. The number of hydrogen-bond acceptors (Lipinski definition) is 8. The average Bonchev–Trinajstić information content (AvgIpc) is 3.18. The lowest BCUT2D eigenvalue weighted by Crippen LogP contribution is -2.54. The van der Waals surface area contributed by atoms with Crippen LogP contribution in [0.15, 0.2) is 84.9 Å². The summed E-state index contributed by atoms with van der Waals surface area (Å²) in [5, 5.41) is 6.19. The van der Waals surface area contributed by atoms with E-state index >= 15 is 0 Å². The lowest BCUT2D eigenvalue weighted by atomic mass is 9.76. The number of aryl methyl sites for hydroxylation is 1. The van der Waals surface area contributed by atoms with Crippen molar-refractivity contribution in [3.8, 4) is 5.75 Å². The molecule has 0 aliphatic heterocycles. The molecule has 3 aromatic rings. The fourth-order valence-electron chi connectivity index (χ4n) is 7.02. The van der Waals surface area contributed by atoms with Gasteiger partial charge in [-0.25, -0.2) is 9.59 Å². The van der Waals surface area contributed by atoms with Crippen molar-refractivity contribution in [3.63, 3.8) is 0 Å². The maximum Gasteiger partial charge on any atom is 0.410 e. The van der Waals surface area contributed by atoms with Crippen molar-refractivity contribution in [2.75, 3.05) is 14.2 Å². The van der Waals surface area contributed by atoms with Crippen molar-refractivity contribution >= 4 is 29.7 Å². The smallest absolute Gasteiger partial charge is 0.410 e. The quantitative estimate of drug-likeness (QED) is 0.146. The Balaban J connectivity index is 1.32. The van der Waals surface area contributed by atoms with Gasteiger partial charge in [0.05, 0.1) is 30.7 Å². The Morgan fingerprint density at radius 3 is 2.20 bits per heavy atom. The average molecular weight is 752 g/mol. The molecule has 3 amide bonds. The van der Waals surface area contributed by atoms with Gasteiger partial charge in [-0.05, 0) is 113 Å². The Kier molecular flexibility index (Phi) is 13.5. The van der Waals surface area contributed by atoms with Crippen LogP contribution in [0, 0.1) is 11.8 Å². The number of rotatable bonds is 13. The lowest BCUT2D eigenvalue weighted by molar-refractivity contribution is -0.137. The second kappa shape index (κ2) is 18.3. The molecule has 11 heteroatoms. The molecule has 11 nitrogen and oxygen atoms in total. The summed E-state index contributed by atoms with van der Waals surface area (Å²) >= 11 is 0. The van der Waals surface area contributed by atoms with Crippen molar-refractivity contribution in [1.29, 1.82) is 0 Å². The van der Waals surface area contributed by atoms with Crippen LogP contribution in [0.4, 0.5) is 4.79 Å². The standard InChI is InChI=1S/C44H53N3O8/c1-28(47(5)43(52)55-44(2,3)4)40(49)46-38(26-29-20-24-33(25-21-29)54-27-30-18-22-32(23-19-30)42(51)53-6)39(48)35-15-9-10-16-36(35)41(50)45-37-17-11-13-31-12-7-8-14-34(31)37/h7-10,12,14,18-25,28,35-38H,11,13,15-17,26-27H2,1-6H3,(H,45,50)(H,46,49)/t28-,35+,36+,37?,38?/m0/s1. The Morgan fingerprint density at radius 1 is 0.873 bits per heavy atom. The molecule has 3 aromatic carbocycles. The van der Waals surface area contributed by atoms with E-state index in [0.717, 1.165) is 36.0 Å². The monoisotopic (exact) mass is 751 g/mol. The van der Waals surface area contributed by atoms with Crippen molar-refractivity contribution < 1.29 is 38.2 Å². The van der Waals surface area contributed by atoms with Crippen molar-refractivity contribution in [2.45, 2.75) is 96.6 Å². The molecule has 2 aliphatic rings. The highest BCUT2D eigenvalue weighted by molar-refractivity contribution is 5.96. The van der Waals surface area contributed by atoms with Gasteiger partial charge in [-0.1, -0.05) is 60.7 Å². The summed E-state index contributed by atoms with van der Waals surface area (Å²) in [6, 6.07) is 20.3. The number of nitrogens with one attached hydrogen (secondary N) is 2. The second-order valence-electron chi connectivity index (χ2n) is 15.4. The van der Waals surface area contributed by atoms with Gasteiger partial charge in [0.15, 0.2) is 5.78 Å². The number of ether oxygens (including phenoxy) is 3. The molecule has 55 heavy (non-hydrogen) atoms. The number of benzene rings is 3. The van der Waals surface area contributed by atoms with Crippen LogP contribution in [-0.4, -0.2) is 66.4 Å². The van der Waals surface area contributed by atoms with Crippen molar-refractivity contribution in [2.24, 2.45) is 11.8 Å². The van der Waals surface area contributed by atoms with Gasteiger partial charge in [0.25, 0.3) is 0 Å². The van der Waals surface area contributed by atoms with Gasteiger partial charge in [0.2, 0.25) is 11.8 Å². The van der Waals surface area contributed by atoms with Crippen LogP contribution in [0.2, 0.25) is 0 Å². The predicted octanol–water partition coefficient (Wildman–Crippen LogP) is 6.68. The van der Waals surface area contributed by atoms with E-state index in [0.29, 0.717) is 24.2 Å². The number of fused-ring (bicyclic) bond motifs is 1. The van der Waals surface area contributed by atoms with E-state index in [2.05, 4.69) is 22.8 Å². The van der Waals surface area contributed by atoms with Crippen molar-refractivity contribution in [1.82, 2.24) is 15.5 Å². The molecule has 5 atom stereocenters. The van der Waals surface area contributed by atoms with Crippen LogP contribution in [0.1, 0.15) is 92.0 Å². The number of hydrogen-bond donors (Lipinski definition) is 2. The number of methoxy groups -OCH3 is 1. The molecule has 2 unspecified atom stereocenters. The van der Waals surface area contributed by atoms with Gasteiger partial charge in [0, 0.05) is 13.0 Å². The van der Waals surface area contributed by atoms with E-state index < -0.39 is 47.5 Å². The van der Waals surface area contributed by atoms with Gasteiger partial charge in [-0.2, -0.15) is 0 Å². The first-order valence-corrected chi connectivity index (χ1v) is 19.0. The first-order chi connectivity index (χ1) is 26.2. The summed E-state index contributed by atoms with van der Waals surface area (Å²) in [5.41, 5.74) is 3.68. The summed E-state index contributed by atoms with van der Waals surface area (Å²) in [7, 11) is 2.82. The molecule has 5 rings (SSSR count). The minimum Gasteiger partial charge on any atom is -0.489 e. The highest BCUT2D eigenvalue weighted by atomic mass is 16.6. The molecule has 2 aliphatic carbocycles. The summed E-state index contributed by atoms with van der Waals surface area (Å²) in [5.74, 6) is -2.02. The third-order valence-electron chi connectivity index (χ3n) is 10.3. The van der Waals surface area contributed by atoms with Gasteiger partial charge >= 0.3 is 12.1 Å². The molecular formula is C44H53N3O8. The molecule has 0 spiro atoms. The molecule has 0 saturated carbocycles. The fourth-order valence-corrected chi connectivity index (χ4v) is 7.02. The normalized spacial score (nSPS) is 18.8. The summed E-state index contributed by atoms with van der Waals surface area (Å²) in [6.45, 7) is 7.09. The highest BCUT2D eigenvalue weighted by Crippen LogP contribution is 2.33. The third-order valence-corrected chi connectivity index (χ3v) is 10.3. The Bertz CT molecular complexity index is 1860. The Labute approximate surface area is 323 Å². The Morgan fingerprint density at radius 2 is 1.53 bits per heavy atom. The molecule has 0 bridgehead atoms. The van der Waals surface area contributed by atoms with E-state index in [1.54, 1.807) is 64.1 Å². The van der Waals surface area contributed by atoms with Gasteiger partial charge in [-0.3, -0.25) is 19.3 Å². The van der Waals surface area contributed by atoms with Gasteiger partial charge < -0.3 is 24.8 Å². The van der Waals surface area contributed by atoms with E-state index in [1.165, 1.54) is 24.6 Å². The topological polar surface area (TPSA) is 140 Å². The zero-order valence-corrected chi connectivity index (χ0v) is 32.6. The summed E-state index contributed by atoms with van der Waals surface area (Å²) in [6.07, 6.45) is 6.91. The number of nitrogens with zero attached hydrogens (tertiary/aromatic N) is 1. The van der Waals surface area contributed by atoms with Crippen LogP contribution >= 0.6 is 0 Å². The van der Waals surface area contributed by atoms with Crippen LogP contribution in [0.3, 0.4) is 0 Å². The summed E-state index contributed by atoms with van der Waals surface area (Å²) in [4.78, 5) is 68.1. The zero-order valence-electron chi connectivity index (χ0n) is 32.6. The number of allylic oxidation sites excluding steroid dienone is 2. The number of esters is 1. The molecule has 0 aromatic heterocycles. The van der Waals surface area contributed by atoms with E-state index in [-0.39, 0.29) is 30.8 Å². The third kappa shape index (κ3) is 10.8. The lowest BCUT2D eigenvalue weighted by Gasteiger charge is -2.33. The maximum atomic E-state index is 14.6. The number of Topliss-reactive ketones (excluding diaryl/α,β-unsaturated/α-hetero) is 1. The SMILES string of the molecule is COC(=O)c1ccc(COc2ccc(CC(NC(=O)[C@H](C)N(C)C(=O)OC(C)(C)C)C(=O)[C@@H]3CC=CC[C@H]3C(=O)NC3CCCc4ccccc43)cc2)cc1. The van der Waals surface area contributed by atoms with E-state index in [4.69, 9.17) is 14.2 Å². The van der Waals surface area contributed by atoms with Crippen LogP contribution in [-0.2, 0) is 43.3 Å². The molecule has 0 saturated heterocycles. The number of amides is 3. The van der Waals surface area contributed by atoms with Gasteiger partial charge in [0.1, 0.15) is 24.0 Å². The molecule has 292 valence electrons. The largest absolute Gasteiger partial charge is 0.489 e. The van der Waals surface area contributed by atoms with Crippen LogP contribution < -0.4 is 15.4 Å². The molecular weight excluding hydrogens is 698 g/mol. The van der Waals surface area contributed by atoms with E-state index in [1.807, 2.05) is 36.4 Å². The summed E-state index contributed by atoms with van der Waals surface area (Å²) < 4.78 is 16.2. The molecule has 0 heterocycles. The predicted molar refractivity (Wildman–Crippen MR) is 208 cm³/mol. The number of carbonyl (C=O) groups excluding carboxylic acids is 5. The second-order valence-corrected chi connectivity index (χ2v) is 15.4. The van der Waals surface area contributed by atoms with Crippen LogP contribution in [0.5, 0.6) is 5.75 Å². The number of carbonyl (C=O) groups is 5. The minimum absolute atomic E-state index is 0.126. The molecule has 0 radical (unpaired) electrons. The number of likely N-dealkylation sites (N-methyl/N-ethyl adjacent to an activating group) is 1. The Hall–Kier alpha value is -5.45. The molecule has 2 N–H and O–H groups in total. The number of ketones is 1. The zero-order chi connectivity index (χ0) is 39.7. The highest BCUT2D eigenvalue weighted by Gasteiger charge is 2.39. The van der Waals surface area contributed by atoms with E-state index in [9.17, 15) is 24.0 Å². The first kappa shape index (κ1) is 40.7. The van der Waals surface area contributed by atoms with Crippen molar-refractivity contribution in [3.05, 3.63) is 113 Å². The minimum atomic E-state index is -0.982. The van der Waals surface area contributed by atoms with Gasteiger partial charge in [-0.15, -0.1) is 0 Å².